The molecule has 7 heteroatoms. The van der Waals surface area contributed by atoms with Gasteiger partial charge in [0.15, 0.2) is 17.6 Å². The van der Waals surface area contributed by atoms with Crippen LogP contribution in [0.4, 0.5) is 5.69 Å². The standard InChI is InChI=1S/C10H10N2O5/c1-16-9-3-6(8(13)5-11)7(12(14)15)4-10(9)17-2/h3-4,8,13H,1-2H3. The van der Waals surface area contributed by atoms with Crippen LogP contribution in [0.3, 0.4) is 0 Å². The number of aliphatic hydroxyl groups is 1. The summed E-state index contributed by atoms with van der Waals surface area (Å²) >= 11 is 0. The number of aliphatic hydroxyl groups excluding tert-OH is 1. The van der Waals surface area contributed by atoms with Crippen LogP contribution in [0.2, 0.25) is 0 Å². The molecule has 1 rings (SSSR count). The van der Waals surface area contributed by atoms with Gasteiger partial charge in [-0.3, -0.25) is 10.1 Å². The lowest BCUT2D eigenvalue weighted by Gasteiger charge is -2.10. The number of methoxy groups -OCH3 is 2. The number of nitro groups is 1. The normalized spacial score (nSPS) is 11.4. The third-order valence-corrected chi connectivity index (χ3v) is 2.15. The molecule has 0 saturated carbocycles. The Morgan fingerprint density at radius 3 is 2.35 bits per heavy atom. The van der Waals surface area contributed by atoms with Crippen LogP contribution in [0.1, 0.15) is 11.7 Å². The first-order valence-corrected chi connectivity index (χ1v) is 4.53. The van der Waals surface area contributed by atoms with Crippen LogP contribution in [0.5, 0.6) is 11.5 Å². The molecule has 0 radical (unpaired) electrons. The van der Waals surface area contributed by atoms with Gasteiger partial charge in [-0.15, -0.1) is 0 Å². The Morgan fingerprint density at radius 1 is 1.41 bits per heavy atom. The van der Waals surface area contributed by atoms with Crippen molar-refractivity contribution in [1.29, 1.82) is 5.26 Å². The fourth-order valence-corrected chi connectivity index (χ4v) is 1.33. The molecule has 17 heavy (non-hydrogen) atoms. The van der Waals surface area contributed by atoms with Crippen LogP contribution in [0, 0.1) is 21.4 Å². The molecule has 1 unspecified atom stereocenters. The molecular weight excluding hydrogens is 228 g/mol. The van der Waals surface area contributed by atoms with Gasteiger partial charge in [-0.2, -0.15) is 5.26 Å². The van der Waals surface area contributed by atoms with E-state index in [0.717, 1.165) is 6.07 Å². The summed E-state index contributed by atoms with van der Waals surface area (Å²) in [4.78, 5) is 10.1. The number of rotatable bonds is 4. The van der Waals surface area contributed by atoms with Crippen molar-refractivity contribution >= 4 is 5.69 Å². The quantitative estimate of drug-likeness (QED) is 0.479. The van der Waals surface area contributed by atoms with E-state index < -0.39 is 16.7 Å². The van der Waals surface area contributed by atoms with Gasteiger partial charge >= 0.3 is 0 Å². The van der Waals surface area contributed by atoms with Crippen LogP contribution in [0.15, 0.2) is 12.1 Å². The summed E-state index contributed by atoms with van der Waals surface area (Å²) in [6.45, 7) is 0. The zero-order valence-electron chi connectivity index (χ0n) is 9.21. The first kappa shape index (κ1) is 12.7. The van der Waals surface area contributed by atoms with Crippen molar-refractivity contribution in [2.45, 2.75) is 6.10 Å². The molecule has 7 nitrogen and oxygen atoms in total. The fourth-order valence-electron chi connectivity index (χ4n) is 1.33. The molecule has 1 aromatic rings. The summed E-state index contributed by atoms with van der Waals surface area (Å²) in [7, 11) is 2.69. The minimum atomic E-state index is -1.59. The largest absolute Gasteiger partial charge is 0.493 e. The molecule has 0 saturated heterocycles. The Balaban J connectivity index is 3.46. The average Bonchev–Trinajstić information content (AvgIpc) is 2.35. The summed E-state index contributed by atoms with van der Waals surface area (Å²) in [6.07, 6.45) is -1.59. The number of ether oxygens (including phenoxy) is 2. The van der Waals surface area contributed by atoms with Crippen LogP contribution in [0.25, 0.3) is 0 Å². The van der Waals surface area contributed by atoms with Gasteiger partial charge in [-0.05, 0) is 6.07 Å². The summed E-state index contributed by atoms with van der Waals surface area (Å²) in [6, 6.07) is 3.84. The van der Waals surface area contributed by atoms with Gasteiger partial charge in [0.1, 0.15) is 0 Å². The molecule has 0 spiro atoms. The van der Waals surface area contributed by atoms with Gasteiger partial charge in [-0.1, -0.05) is 0 Å². The first-order valence-electron chi connectivity index (χ1n) is 4.53. The topological polar surface area (TPSA) is 106 Å². The van der Waals surface area contributed by atoms with Crippen LogP contribution in [-0.2, 0) is 0 Å². The molecule has 0 aromatic heterocycles. The number of nitrogens with zero attached hydrogens (tertiary/aromatic N) is 2. The highest BCUT2D eigenvalue weighted by molar-refractivity contribution is 5.55. The lowest BCUT2D eigenvalue weighted by Crippen LogP contribution is -2.02. The van der Waals surface area contributed by atoms with Crippen LogP contribution < -0.4 is 9.47 Å². The summed E-state index contributed by atoms with van der Waals surface area (Å²) in [5.41, 5.74) is -0.521. The summed E-state index contributed by atoms with van der Waals surface area (Å²) in [5.74, 6) is 0.371. The molecule has 1 atom stereocenters. The lowest BCUT2D eigenvalue weighted by molar-refractivity contribution is -0.386. The number of benzene rings is 1. The maximum absolute atomic E-state index is 10.8. The van der Waals surface area contributed by atoms with Gasteiger partial charge in [0.2, 0.25) is 0 Å². The fraction of sp³-hybridized carbons (Fsp3) is 0.300. The third-order valence-electron chi connectivity index (χ3n) is 2.15. The van der Waals surface area contributed by atoms with Crippen LogP contribution >= 0.6 is 0 Å². The van der Waals surface area contributed by atoms with E-state index in [4.69, 9.17) is 14.7 Å². The van der Waals surface area contributed by atoms with Crippen molar-refractivity contribution in [1.82, 2.24) is 0 Å². The molecule has 0 aliphatic heterocycles. The molecular formula is C10H10N2O5. The third kappa shape index (κ3) is 2.43. The molecule has 0 bridgehead atoms. The second-order valence-corrected chi connectivity index (χ2v) is 3.05. The van der Waals surface area contributed by atoms with E-state index in [0.29, 0.717) is 0 Å². The molecule has 1 aromatic carbocycles. The predicted molar refractivity (Wildman–Crippen MR) is 56.8 cm³/mol. The first-order chi connectivity index (χ1) is 8.04. The molecule has 1 N–H and O–H groups in total. The average molecular weight is 238 g/mol. The smallest absolute Gasteiger partial charge is 0.280 e. The Hall–Kier alpha value is -2.33. The number of nitriles is 1. The van der Waals surface area contributed by atoms with Crippen molar-refractivity contribution in [3.8, 4) is 17.6 Å². The Morgan fingerprint density at radius 2 is 1.94 bits per heavy atom. The Bertz CT molecular complexity index is 480. The highest BCUT2D eigenvalue weighted by Crippen LogP contribution is 2.36. The van der Waals surface area contributed by atoms with Gasteiger partial charge in [0.05, 0.1) is 36.8 Å². The van der Waals surface area contributed by atoms with E-state index in [1.807, 2.05) is 0 Å². The molecule has 90 valence electrons. The molecule has 0 aliphatic rings. The maximum atomic E-state index is 10.8. The second kappa shape index (κ2) is 5.14. The second-order valence-electron chi connectivity index (χ2n) is 3.05. The number of hydrogen-bond donors (Lipinski definition) is 1. The van der Waals surface area contributed by atoms with Gasteiger partial charge in [-0.25, -0.2) is 0 Å². The van der Waals surface area contributed by atoms with E-state index in [2.05, 4.69) is 0 Å². The van der Waals surface area contributed by atoms with E-state index in [1.54, 1.807) is 0 Å². The monoisotopic (exact) mass is 238 g/mol. The van der Waals surface area contributed by atoms with Crippen LogP contribution in [-0.4, -0.2) is 24.2 Å². The van der Waals surface area contributed by atoms with Crippen molar-refractivity contribution < 1.29 is 19.5 Å². The zero-order chi connectivity index (χ0) is 13.0. The SMILES string of the molecule is COc1cc(C(O)C#N)c([N+](=O)[O-])cc1OC. The Labute approximate surface area is 97.0 Å². The minimum absolute atomic E-state index is 0.129. The Kier molecular flexibility index (Phi) is 3.85. The van der Waals surface area contributed by atoms with E-state index in [1.165, 1.54) is 26.4 Å². The number of nitro benzene ring substituents is 1. The van der Waals surface area contributed by atoms with Gasteiger partial charge in [0.25, 0.3) is 5.69 Å². The predicted octanol–water partition coefficient (Wildman–Crippen LogP) is 1.17. The summed E-state index contributed by atoms with van der Waals surface area (Å²) in [5, 5.41) is 28.8. The van der Waals surface area contributed by atoms with E-state index in [-0.39, 0.29) is 17.1 Å². The molecule has 0 heterocycles. The van der Waals surface area contributed by atoms with Crippen molar-refractivity contribution in [2.75, 3.05) is 14.2 Å². The highest BCUT2D eigenvalue weighted by Gasteiger charge is 2.24. The molecule has 0 aliphatic carbocycles. The van der Waals surface area contributed by atoms with Crippen molar-refractivity contribution in [3.63, 3.8) is 0 Å². The van der Waals surface area contributed by atoms with Gasteiger partial charge < -0.3 is 14.6 Å². The lowest BCUT2D eigenvalue weighted by atomic mass is 10.1. The van der Waals surface area contributed by atoms with E-state index in [9.17, 15) is 15.2 Å². The minimum Gasteiger partial charge on any atom is -0.493 e. The van der Waals surface area contributed by atoms with Gasteiger partial charge in [0, 0.05) is 0 Å². The maximum Gasteiger partial charge on any atom is 0.280 e. The van der Waals surface area contributed by atoms with E-state index >= 15 is 0 Å². The van der Waals surface area contributed by atoms with Crippen molar-refractivity contribution in [2.24, 2.45) is 0 Å². The summed E-state index contributed by atoms with van der Waals surface area (Å²) < 4.78 is 9.84. The number of hydrogen-bond acceptors (Lipinski definition) is 6. The zero-order valence-corrected chi connectivity index (χ0v) is 9.21. The molecule has 0 amide bonds. The molecule has 0 fully saturated rings. The van der Waals surface area contributed by atoms with Crippen molar-refractivity contribution in [3.05, 3.63) is 27.8 Å². The highest BCUT2D eigenvalue weighted by atomic mass is 16.6.